The smallest absolute Gasteiger partial charge is 0.126 e. The number of hydrogen-bond acceptors (Lipinski definition) is 1. The van der Waals surface area contributed by atoms with Crippen molar-refractivity contribution in [2.45, 2.75) is 26.2 Å². The van der Waals surface area contributed by atoms with Gasteiger partial charge in [0.25, 0.3) is 0 Å². The molecule has 1 aromatic rings. The quantitative estimate of drug-likeness (QED) is 0.856. The molecular weight excluding hydrogens is 225 g/mol. The van der Waals surface area contributed by atoms with E-state index in [2.05, 4.69) is 5.32 Å². The first kappa shape index (κ1) is 11.9. The van der Waals surface area contributed by atoms with E-state index < -0.39 is 0 Å². The number of hydrogen-bond donors (Lipinski definition) is 1. The van der Waals surface area contributed by atoms with Crippen LogP contribution in [0.3, 0.4) is 0 Å². The van der Waals surface area contributed by atoms with E-state index in [4.69, 9.17) is 11.6 Å². The van der Waals surface area contributed by atoms with Gasteiger partial charge in [-0.1, -0.05) is 11.6 Å². The van der Waals surface area contributed by atoms with Crippen molar-refractivity contribution < 1.29 is 4.39 Å². The highest BCUT2D eigenvalue weighted by atomic mass is 35.5. The van der Waals surface area contributed by atoms with Crippen LogP contribution in [0.1, 0.15) is 24.0 Å². The molecule has 1 heterocycles. The van der Waals surface area contributed by atoms with Gasteiger partial charge in [-0.3, -0.25) is 0 Å². The molecule has 1 unspecified atom stereocenters. The summed E-state index contributed by atoms with van der Waals surface area (Å²) in [5.74, 6) is 0.573. The molecule has 1 aromatic carbocycles. The summed E-state index contributed by atoms with van der Waals surface area (Å²) in [6.45, 7) is 3.94. The number of nitrogens with one attached hydrogen (secondary N) is 1. The number of halogens is 2. The molecule has 0 amide bonds. The van der Waals surface area contributed by atoms with E-state index in [0.717, 1.165) is 37.4 Å². The van der Waals surface area contributed by atoms with Crippen molar-refractivity contribution in [1.82, 2.24) is 5.32 Å². The lowest BCUT2D eigenvalue weighted by Gasteiger charge is -2.10. The predicted octanol–water partition coefficient (Wildman–Crippen LogP) is 3.33. The third-order valence-corrected chi connectivity index (χ3v) is 3.66. The summed E-state index contributed by atoms with van der Waals surface area (Å²) < 4.78 is 13.4. The number of aryl methyl sites for hydroxylation is 2. The zero-order valence-corrected chi connectivity index (χ0v) is 10.3. The summed E-state index contributed by atoms with van der Waals surface area (Å²) in [5.41, 5.74) is 1.56. The van der Waals surface area contributed by atoms with E-state index in [-0.39, 0.29) is 5.82 Å². The molecule has 1 fully saturated rings. The topological polar surface area (TPSA) is 12.0 Å². The first-order chi connectivity index (χ1) is 7.66. The van der Waals surface area contributed by atoms with E-state index in [0.29, 0.717) is 10.6 Å². The summed E-state index contributed by atoms with van der Waals surface area (Å²) in [5, 5.41) is 4.04. The molecule has 1 N–H and O–H groups in total. The Balaban J connectivity index is 2.00. The second kappa shape index (κ2) is 5.15. The predicted molar refractivity (Wildman–Crippen MR) is 65.4 cm³/mol. The summed E-state index contributed by atoms with van der Waals surface area (Å²) in [4.78, 5) is 0. The van der Waals surface area contributed by atoms with Crippen molar-refractivity contribution in [2.24, 2.45) is 5.92 Å². The fourth-order valence-corrected chi connectivity index (χ4v) is 2.51. The first-order valence-electron chi connectivity index (χ1n) is 5.82. The second-order valence-corrected chi connectivity index (χ2v) is 5.00. The average molecular weight is 242 g/mol. The van der Waals surface area contributed by atoms with Gasteiger partial charge in [0.05, 0.1) is 0 Å². The van der Waals surface area contributed by atoms with Crippen LogP contribution in [0.2, 0.25) is 5.02 Å². The Morgan fingerprint density at radius 3 is 3.00 bits per heavy atom. The van der Waals surface area contributed by atoms with E-state index >= 15 is 0 Å². The first-order valence-corrected chi connectivity index (χ1v) is 6.20. The minimum absolute atomic E-state index is 0.149. The molecule has 2 rings (SSSR count). The van der Waals surface area contributed by atoms with Gasteiger partial charge in [-0.05, 0) is 68.5 Å². The van der Waals surface area contributed by atoms with Crippen LogP contribution in [-0.2, 0) is 6.42 Å². The van der Waals surface area contributed by atoms with Gasteiger partial charge in [-0.2, -0.15) is 0 Å². The molecule has 0 saturated carbocycles. The summed E-state index contributed by atoms with van der Waals surface area (Å²) >= 11 is 6.10. The van der Waals surface area contributed by atoms with Gasteiger partial charge in [0, 0.05) is 5.02 Å². The molecule has 0 radical (unpaired) electrons. The molecule has 1 nitrogen and oxygen atoms in total. The van der Waals surface area contributed by atoms with Crippen LogP contribution in [0, 0.1) is 18.7 Å². The molecule has 0 aliphatic carbocycles. The van der Waals surface area contributed by atoms with Crippen molar-refractivity contribution in [3.63, 3.8) is 0 Å². The lowest BCUT2D eigenvalue weighted by atomic mass is 9.98. The van der Waals surface area contributed by atoms with Gasteiger partial charge in [-0.25, -0.2) is 4.39 Å². The third kappa shape index (κ3) is 2.74. The zero-order valence-electron chi connectivity index (χ0n) is 9.52. The standard InChI is InChI=1S/C13H17ClFN/c1-9-6-12(14)11(7-13(9)15)3-2-10-4-5-16-8-10/h6-7,10,16H,2-5,8H2,1H3. The van der Waals surface area contributed by atoms with Crippen molar-refractivity contribution >= 4 is 11.6 Å². The van der Waals surface area contributed by atoms with Gasteiger partial charge in [0.15, 0.2) is 0 Å². The van der Waals surface area contributed by atoms with Crippen molar-refractivity contribution in [2.75, 3.05) is 13.1 Å². The van der Waals surface area contributed by atoms with Crippen LogP contribution < -0.4 is 5.32 Å². The Labute approximate surface area is 101 Å². The molecule has 1 saturated heterocycles. The highest BCUT2D eigenvalue weighted by molar-refractivity contribution is 6.31. The molecule has 1 atom stereocenters. The molecular formula is C13H17ClFN. The maximum absolute atomic E-state index is 13.4. The van der Waals surface area contributed by atoms with Gasteiger partial charge < -0.3 is 5.32 Å². The van der Waals surface area contributed by atoms with Gasteiger partial charge in [0.1, 0.15) is 5.82 Å². The minimum atomic E-state index is -0.149. The van der Waals surface area contributed by atoms with Crippen molar-refractivity contribution in [3.05, 3.63) is 34.1 Å². The Bertz CT molecular complexity index is 372. The molecule has 0 bridgehead atoms. The highest BCUT2D eigenvalue weighted by Crippen LogP contribution is 2.24. The Hall–Kier alpha value is -0.600. The lowest BCUT2D eigenvalue weighted by Crippen LogP contribution is -2.09. The average Bonchev–Trinajstić information content (AvgIpc) is 2.74. The SMILES string of the molecule is Cc1cc(Cl)c(CCC2CCNC2)cc1F. The number of benzene rings is 1. The van der Waals surface area contributed by atoms with E-state index in [1.54, 1.807) is 19.1 Å². The maximum Gasteiger partial charge on any atom is 0.126 e. The molecule has 88 valence electrons. The van der Waals surface area contributed by atoms with Crippen molar-refractivity contribution in [1.29, 1.82) is 0 Å². The summed E-state index contributed by atoms with van der Waals surface area (Å²) in [6, 6.07) is 3.30. The molecule has 0 spiro atoms. The minimum Gasteiger partial charge on any atom is -0.316 e. The van der Waals surface area contributed by atoms with E-state index in [1.807, 2.05) is 0 Å². The van der Waals surface area contributed by atoms with Crippen LogP contribution in [0.25, 0.3) is 0 Å². The lowest BCUT2D eigenvalue weighted by molar-refractivity contribution is 0.531. The summed E-state index contributed by atoms with van der Waals surface area (Å²) in [7, 11) is 0. The number of rotatable bonds is 3. The highest BCUT2D eigenvalue weighted by Gasteiger charge is 2.15. The molecule has 1 aliphatic rings. The monoisotopic (exact) mass is 241 g/mol. The third-order valence-electron chi connectivity index (χ3n) is 3.31. The second-order valence-electron chi connectivity index (χ2n) is 4.59. The fraction of sp³-hybridized carbons (Fsp3) is 0.538. The molecule has 3 heteroatoms. The largest absolute Gasteiger partial charge is 0.316 e. The van der Waals surface area contributed by atoms with Crippen LogP contribution in [0.5, 0.6) is 0 Å². The Morgan fingerprint density at radius 1 is 1.50 bits per heavy atom. The fourth-order valence-electron chi connectivity index (χ4n) is 2.20. The van der Waals surface area contributed by atoms with Crippen LogP contribution >= 0.6 is 11.6 Å². The van der Waals surface area contributed by atoms with E-state index in [1.165, 1.54) is 6.42 Å². The van der Waals surface area contributed by atoms with Gasteiger partial charge >= 0.3 is 0 Å². The summed E-state index contributed by atoms with van der Waals surface area (Å²) in [6.07, 6.45) is 3.20. The zero-order chi connectivity index (χ0) is 11.5. The van der Waals surface area contributed by atoms with Crippen LogP contribution in [0.15, 0.2) is 12.1 Å². The van der Waals surface area contributed by atoms with E-state index in [9.17, 15) is 4.39 Å². The van der Waals surface area contributed by atoms with Crippen LogP contribution in [-0.4, -0.2) is 13.1 Å². The normalized spacial score (nSPS) is 20.3. The Kier molecular flexibility index (Phi) is 3.82. The van der Waals surface area contributed by atoms with Gasteiger partial charge in [-0.15, -0.1) is 0 Å². The van der Waals surface area contributed by atoms with Crippen LogP contribution in [0.4, 0.5) is 4.39 Å². The van der Waals surface area contributed by atoms with Crippen molar-refractivity contribution in [3.8, 4) is 0 Å². The molecule has 0 aromatic heterocycles. The van der Waals surface area contributed by atoms with Gasteiger partial charge in [0.2, 0.25) is 0 Å². The molecule has 1 aliphatic heterocycles. The molecule has 16 heavy (non-hydrogen) atoms. The maximum atomic E-state index is 13.4. The Morgan fingerprint density at radius 2 is 2.31 bits per heavy atom.